The van der Waals surface area contributed by atoms with Gasteiger partial charge in [-0.15, -0.1) is 0 Å². The van der Waals surface area contributed by atoms with Gasteiger partial charge < -0.3 is 19.7 Å². The SMILES string of the molecule is COc1cccc(C=C2SC(=O)N(CC(=O)N3CCCCCC3)C2=O)c1OCC(=O)Nc1ccc(C)cc1. The lowest BCUT2D eigenvalue weighted by Gasteiger charge is -2.22. The number of anilines is 1. The summed E-state index contributed by atoms with van der Waals surface area (Å²) in [4.78, 5) is 53.9. The molecule has 2 aromatic rings. The van der Waals surface area contributed by atoms with Crippen LogP contribution in [0.25, 0.3) is 6.08 Å². The van der Waals surface area contributed by atoms with E-state index in [2.05, 4.69) is 5.32 Å². The Balaban J connectivity index is 1.46. The second-order valence-electron chi connectivity index (χ2n) is 9.14. The topological polar surface area (TPSA) is 105 Å². The second-order valence-corrected chi connectivity index (χ2v) is 10.1. The van der Waals surface area contributed by atoms with Crippen molar-refractivity contribution < 1.29 is 28.7 Å². The largest absolute Gasteiger partial charge is 0.493 e. The number of para-hydroxylation sites is 1. The molecule has 0 bridgehead atoms. The fourth-order valence-corrected chi connectivity index (χ4v) is 5.10. The van der Waals surface area contributed by atoms with Crippen molar-refractivity contribution in [3.63, 3.8) is 0 Å². The molecule has 2 aromatic carbocycles. The maximum absolute atomic E-state index is 13.1. The highest BCUT2D eigenvalue weighted by molar-refractivity contribution is 8.18. The van der Waals surface area contributed by atoms with Gasteiger partial charge in [0.15, 0.2) is 18.1 Å². The van der Waals surface area contributed by atoms with Crippen LogP contribution in [-0.4, -0.2) is 66.1 Å². The molecular formula is C28H31N3O6S. The molecule has 10 heteroatoms. The summed E-state index contributed by atoms with van der Waals surface area (Å²) in [5.41, 5.74) is 2.19. The number of rotatable bonds is 8. The van der Waals surface area contributed by atoms with E-state index in [1.165, 1.54) is 13.2 Å². The molecule has 2 aliphatic heterocycles. The van der Waals surface area contributed by atoms with Gasteiger partial charge >= 0.3 is 0 Å². The summed E-state index contributed by atoms with van der Waals surface area (Å²) in [6, 6.07) is 12.5. The van der Waals surface area contributed by atoms with Crippen LogP contribution in [0.15, 0.2) is 47.4 Å². The molecule has 4 amide bonds. The minimum absolute atomic E-state index is 0.167. The third-order valence-electron chi connectivity index (χ3n) is 6.32. The Morgan fingerprint density at radius 1 is 1.03 bits per heavy atom. The number of thioether (sulfide) groups is 1. The summed E-state index contributed by atoms with van der Waals surface area (Å²) >= 11 is 0.771. The zero-order valence-corrected chi connectivity index (χ0v) is 22.3. The van der Waals surface area contributed by atoms with Crippen LogP contribution in [0.5, 0.6) is 11.5 Å². The van der Waals surface area contributed by atoms with E-state index in [1.54, 1.807) is 35.2 Å². The van der Waals surface area contributed by atoms with Crippen LogP contribution in [0.1, 0.15) is 36.8 Å². The predicted octanol–water partition coefficient (Wildman–Crippen LogP) is 4.46. The van der Waals surface area contributed by atoms with Crippen molar-refractivity contribution in [2.24, 2.45) is 0 Å². The first kappa shape index (κ1) is 27.3. The number of methoxy groups -OCH3 is 1. The first-order chi connectivity index (χ1) is 18.4. The molecule has 0 radical (unpaired) electrons. The molecule has 0 aromatic heterocycles. The van der Waals surface area contributed by atoms with E-state index in [-0.39, 0.29) is 35.6 Å². The lowest BCUT2D eigenvalue weighted by Crippen LogP contribution is -2.42. The van der Waals surface area contributed by atoms with Crippen LogP contribution in [0.3, 0.4) is 0 Å². The summed E-state index contributed by atoms with van der Waals surface area (Å²) in [5, 5.41) is 2.28. The van der Waals surface area contributed by atoms with E-state index in [1.807, 2.05) is 19.1 Å². The Morgan fingerprint density at radius 2 is 1.74 bits per heavy atom. The summed E-state index contributed by atoms with van der Waals surface area (Å²) < 4.78 is 11.2. The monoisotopic (exact) mass is 537 g/mol. The number of nitrogens with one attached hydrogen (secondary N) is 1. The average molecular weight is 538 g/mol. The van der Waals surface area contributed by atoms with Gasteiger partial charge in [0.25, 0.3) is 17.1 Å². The third kappa shape index (κ3) is 6.74. The molecule has 2 heterocycles. The summed E-state index contributed by atoms with van der Waals surface area (Å²) in [6.07, 6.45) is 5.53. The van der Waals surface area contributed by atoms with Gasteiger partial charge in [0.05, 0.1) is 12.0 Å². The molecule has 2 saturated heterocycles. The van der Waals surface area contributed by atoms with Crippen LogP contribution in [0, 0.1) is 6.92 Å². The van der Waals surface area contributed by atoms with Crippen molar-refractivity contribution in [1.29, 1.82) is 0 Å². The number of benzene rings is 2. The number of likely N-dealkylation sites (tertiary alicyclic amines) is 1. The first-order valence-electron chi connectivity index (χ1n) is 12.5. The highest BCUT2D eigenvalue weighted by Crippen LogP contribution is 2.37. The van der Waals surface area contributed by atoms with Gasteiger partial charge in [0, 0.05) is 24.3 Å². The minimum Gasteiger partial charge on any atom is -0.493 e. The van der Waals surface area contributed by atoms with Crippen molar-refractivity contribution >= 4 is 46.5 Å². The fourth-order valence-electron chi connectivity index (χ4n) is 4.27. The molecule has 2 fully saturated rings. The summed E-state index contributed by atoms with van der Waals surface area (Å²) in [6.45, 7) is 2.68. The van der Waals surface area contributed by atoms with Crippen LogP contribution >= 0.6 is 11.8 Å². The number of hydrogen-bond acceptors (Lipinski definition) is 7. The normalized spacial score (nSPS) is 16.9. The maximum atomic E-state index is 13.1. The summed E-state index contributed by atoms with van der Waals surface area (Å²) in [5.74, 6) is -0.480. The fraction of sp³-hybridized carbons (Fsp3) is 0.357. The van der Waals surface area contributed by atoms with Gasteiger partial charge in [-0.25, -0.2) is 0 Å². The molecule has 1 N–H and O–H groups in total. The Bertz CT molecular complexity index is 1240. The highest BCUT2D eigenvalue weighted by Gasteiger charge is 2.37. The molecule has 4 rings (SSSR count). The Kier molecular flexibility index (Phi) is 9.06. The van der Waals surface area contributed by atoms with E-state index >= 15 is 0 Å². The molecular weight excluding hydrogens is 506 g/mol. The minimum atomic E-state index is -0.533. The van der Waals surface area contributed by atoms with Gasteiger partial charge in [-0.3, -0.25) is 24.1 Å². The molecule has 0 unspecified atom stereocenters. The average Bonchev–Trinajstić information content (AvgIpc) is 3.09. The highest BCUT2D eigenvalue weighted by atomic mass is 32.2. The van der Waals surface area contributed by atoms with Gasteiger partial charge in [-0.05, 0) is 55.8 Å². The van der Waals surface area contributed by atoms with E-state index in [0.29, 0.717) is 30.1 Å². The van der Waals surface area contributed by atoms with Crippen LogP contribution in [0.2, 0.25) is 0 Å². The van der Waals surface area contributed by atoms with E-state index < -0.39 is 11.1 Å². The zero-order valence-electron chi connectivity index (χ0n) is 21.5. The molecule has 0 atom stereocenters. The predicted molar refractivity (Wildman–Crippen MR) is 146 cm³/mol. The van der Waals surface area contributed by atoms with E-state index in [4.69, 9.17) is 9.47 Å². The van der Waals surface area contributed by atoms with Crippen molar-refractivity contribution in [3.05, 3.63) is 58.5 Å². The Labute approximate surface area is 226 Å². The lowest BCUT2D eigenvalue weighted by molar-refractivity contribution is -0.135. The van der Waals surface area contributed by atoms with Crippen molar-refractivity contribution in [2.75, 3.05) is 38.7 Å². The molecule has 38 heavy (non-hydrogen) atoms. The molecule has 0 aliphatic carbocycles. The van der Waals surface area contributed by atoms with Crippen molar-refractivity contribution in [2.45, 2.75) is 32.6 Å². The smallest absolute Gasteiger partial charge is 0.294 e. The number of aryl methyl sites for hydroxylation is 1. The first-order valence-corrected chi connectivity index (χ1v) is 13.4. The zero-order chi connectivity index (χ0) is 27.1. The van der Waals surface area contributed by atoms with Crippen molar-refractivity contribution in [3.8, 4) is 11.5 Å². The van der Waals surface area contributed by atoms with Gasteiger partial charge in [0.1, 0.15) is 6.54 Å². The van der Waals surface area contributed by atoms with Gasteiger partial charge in [0.2, 0.25) is 5.91 Å². The van der Waals surface area contributed by atoms with Gasteiger partial charge in [-0.2, -0.15) is 0 Å². The molecule has 200 valence electrons. The van der Waals surface area contributed by atoms with Crippen LogP contribution < -0.4 is 14.8 Å². The van der Waals surface area contributed by atoms with E-state index in [0.717, 1.165) is 47.9 Å². The maximum Gasteiger partial charge on any atom is 0.294 e. The number of hydrogen-bond donors (Lipinski definition) is 1. The molecule has 0 saturated carbocycles. The number of amides is 4. The number of carbonyl (C=O) groups is 4. The van der Waals surface area contributed by atoms with Gasteiger partial charge in [-0.1, -0.05) is 42.7 Å². The van der Waals surface area contributed by atoms with Crippen LogP contribution in [-0.2, 0) is 14.4 Å². The lowest BCUT2D eigenvalue weighted by atomic mass is 10.1. The standard InChI is InChI=1S/C28H31N3O6S/c1-19-10-12-21(13-11-19)29-24(32)18-37-26-20(8-7-9-22(26)36-2)16-23-27(34)31(28(35)38-23)17-25(33)30-14-5-3-4-6-15-30/h7-13,16H,3-6,14-15,17-18H2,1-2H3,(H,29,32). The second kappa shape index (κ2) is 12.6. The Hall–Kier alpha value is -3.79. The summed E-state index contributed by atoms with van der Waals surface area (Å²) in [7, 11) is 1.47. The number of imide groups is 1. The third-order valence-corrected chi connectivity index (χ3v) is 7.23. The Morgan fingerprint density at radius 3 is 2.42 bits per heavy atom. The number of carbonyl (C=O) groups excluding carboxylic acids is 4. The number of nitrogens with zero attached hydrogens (tertiary/aromatic N) is 2. The molecule has 0 spiro atoms. The van der Waals surface area contributed by atoms with Crippen LogP contribution in [0.4, 0.5) is 10.5 Å². The molecule has 9 nitrogen and oxygen atoms in total. The van der Waals surface area contributed by atoms with Crippen molar-refractivity contribution in [1.82, 2.24) is 9.80 Å². The van der Waals surface area contributed by atoms with E-state index in [9.17, 15) is 19.2 Å². The molecule has 2 aliphatic rings. The number of ether oxygens (including phenoxy) is 2. The quantitative estimate of drug-likeness (QED) is 0.496.